The largest absolute Gasteiger partial charge is 0.494 e. The Morgan fingerprint density at radius 2 is 1.86 bits per heavy atom. The summed E-state index contributed by atoms with van der Waals surface area (Å²) in [7, 11) is 6.53. The lowest BCUT2D eigenvalue weighted by Crippen LogP contribution is -2.13. The van der Waals surface area contributed by atoms with Gasteiger partial charge in [0.2, 0.25) is 0 Å². The number of ether oxygens (including phenoxy) is 2. The minimum atomic E-state index is -0.463. The molecule has 0 N–H and O–H groups in total. The summed E-state index contributed by atoms with van der Waals surface area (Å²) in [5.74, 6) is 0.674. The van der Waals surface area contributed by atoms with Crippen LogP contribution >= 0.6 is 11.6 Å². The molecule has 0 aliphatic carbocycles. The predicted octanol–water partition coefficient (Wildman–Crippen LogP) is 2.66. The van der Waals surface area contributed by atoms with Crippen molar-refractivity contribution >= 4 is 23.4 Å². The Morgan fingerprint density at radius 1 is 1.14 bits per heavy atom. The minimum absolute atomic E-state index is 0.295. The first-order valence-corrected chi connectivity index (χ1v) is 6.81. The van der Waals surface area contributed by atoms with Crippen molar-refractivity contribution in [3.8, 4) is 16.9 Å². The first-order valence-electron chi connectivity index (χ1n) is 6.43. The molecule has 0 amide bonds. The van der Waals surface area contributed by atoms with Crippen LogP contribution in [-0.4, -0.2) is 44.3 Å². The zero-order valence-electron chi connectivity index (χ0n) is 12.8. The molecule has 0 atom stereocenters. The van der Waals surface area contributed by atoms with E-state index in [1.165, 1.54) is 20.4 Å². The van der Waals surface area contributed by atoms with Gasteiger partial charge in [-0.3, -0.25) is 0 Å². The van der Waals surface area contributed by atoms with Crippen LogP contribution in [0.1, 0.15) is 10.4 Å². The molecule has 116 valence electrons. The van der Waals surface area contributed by atoms with Crippen LogP contribution in [0, 0.1) is 0 Å². The Morgan fingerprint density at radius 3 is 2.45 bits per heavy atom. The number of hydrogen-bond acceptors (Lipinski definition) is 6. The number of pyridine rings is 2. The van der Waals surface area contributed by atoms with E-state index in [0.717, 1.165) is 0 Å². The monoisotopic (exact) mass is 321 g/mol. The standard InChI is InChI=1S/C15H16ClN3O3/c1-19(2)14-6-10(15(20)22-4)11(7-18-14)9-5-13(16)17-8-12(9)21-3/h5-8H,1-4H3. The molecule has 0 radical (unpaired) electrons. The van der Waals surface area contributed by atoms with E-state index >= 15 is 0 Å². The first-order chi connectivity index (χ1) is 10.5. The van der Waals surface area contributed by atoms with Gasteiger partial charge in [-0.2, -0.15) is 0 Å². The molecule has 0 bridgehead atoms. The van der Waals surface area contributed by atoms with Crippen LogP contribution < -0.4 is 9.64 Å². The second-order valence-electron chi connectivity index (χ2n) is 4.68. The summed E-state index contributed by atoms with van der Waals surface area (Å²) in [4.78, 5) is 22.2. The molecule has 2 heterocycles. The molecule has 0 aliphatic heterocycles. The molecule has 0 saturated heterocycles. The van der Waals surface area contributed by atoms with Crippen molar-refractivity contribution < 1.29 is 14.3 Å². The lowest BCUT2D eigenvalue weighted by Gasteiger charge is -2.16. The second kappa shape index (κ2) is 6.62. The number of aromatic nitrogens is 2. The molecule has 0 unspecified atom stereocenters. The Hall–Kier alpha value is -2.34. The van der Waals surface area contributed by atoms with E-state index < -0.39 is 5.97 Å². The third-order valence-corrected chi connectivity index (χ3v) is 3.30. The zero-order chi connectivity index (χ0) is 16.3. The summed E-state index contributed by atoms with van der Waals surface area (Å²) in [6.07, 6.45) is 3.09. The molecule has 0 spiro atoms. The lowest BCUT2D eigenvalue weighted by atomic mass is 10.0. The van der Waals surface area contributed by atoms with Gasteiger partial charge in [0.05, 0.1) is 26.0 Å². The molecule has 2 aromatic rings. The van der Waals surface area contributed by atoms with Crippen molar-refractivity contribution in [1.29, 1.82) is 0 Å². The smallest absolute Gasteiger partial charge is 0.338 e. The quantitative estimate of drug-likeness (QED) is 0.637. The fraction of sp³-hybridized carbons (Fsp3) is 0.267. The Bertz CT molecular complexity index is 704. The van der Waals surface area contributed by atoms with Gasteiger partial charge in [0.15, 0.2) is 0 Å². The van der Waals surface area contributed by atoms with Crippen LogP contribution in [0.15, 0.2) is 24.5 Å². The number of methoxy groups -OCH3 is 2. The molecule has 7 heteroatoms. The normalized spacial score (nSPS) is 10.2. The summed E-state index contributed by atoms with van der Waals surface area (Å²) >= 11 is 5.96. The van der Waals surface area contributed by atoms with Crippen LogP contribution in [0.25, 0.3) is 11.1 Å². The topological polar surface area (TPSA) is 64.5 Å². The molecule has 0 aliphatic rings. The third kappa shape index (κ3) is 3.12. The van der Waals surface area contributed by atoms with Crippen LogP contribution in [0.2, 0.25) is 5.15 Å². The maximum absolute atomic E-state index is 12.1. The number of hydrogen-bond donors (Lipinski definition) is 0. The van der Waals surface area contributed by atoms with Crippen molar-refractivity contribution in [2.24, 2.45) is 0 Å². The van der Waals surface area contributed by atoms with Gasteiger partial charge in [0.1, 0.15) is 16.7 Å². The summed E-state index contributed by atoms with van der Waals surface area (Å²) in [6, 6.07) is 3.29. The summed E-state index contributed by atoms with van der Waals surface area (Å²) in [5, 5.41) is 0.295. The van der Waals surface area contributed by atoms with Gasteiger partial charge in [-0.1, -0.05) is 11.6 Å². The highest BCUT2D eigenvalue weighted by molar-refractivity contribution is 6.29. The fourth-order valence-corrected chi connectivity index (χ4v) is 2.13. The van der Waals surface area contributed by atoms with Gasteiger partial charge in [0.25, 0.3) is 0 Å². The zero-order valence-corrected chi connectivity index (χ0v) is 13.5. The van der Waals surface area contributed by atoms with E-state index in [1.807, 2.05) is 14.1 Å². The fourth-order valence-electron chi connectivity index (χ4n) is 1.97. The molecule has 2 aromatic heterocycles. The van der Waals surface area contributed by atoms with Crippen LogP contribution in [0.5, 0.6) is 5.75 Å². The molecule has 0 saturated carbocycles. The third-order valence-electron chi connectivity index (χ3n) is 3.10. The molecule has 2 rings (SSSR count). The average Bonchev–Trinajstić information content (AvgIpc) is 2.53. The molecule has 6 nitrogen and oxygen atoms in total. The van der Waals surface area contributed by atoms with Crippen molar-refractivity contribution in [2.45, 2.75) is 0 Å². The molecule has 0 fully saturated rings. The van der Waals surface area contributed by atoms with Gasteiger partial charge in [-0.25, -0.2) is 14.8 Å². The van der Waals surface area contributed by atoms with Gasteiger partial charge in [0, 0.05) is 31.4 Å². The number of anilines is 1. The molecule has 22 heavy (non-hydrogen) atoms. The van der Waals surface area contributed by atoms with E-state index in [2.05, 4.69) is 9.97 Å². The van der Waals surface area contributed by atoms with E-state index in [-0.39, 0.29) is 0 Å². The highest BCUT2D eigenvalue weighted by atomic mass is 35.5. The van der Waals surface area contributed by atoms with Gasteiger partial charge >= 0.3 is 5.97 Å². The van der Waals surface area contributed by atoms with Crippen molar-refractivity contribution in [1.82, 2.24) is 9.97 Å². The van der Waals surface area contributed by atoms with E-state index in [0.29, 0.717) is 33.4 Å². The predicted molar refractivity (Wildman–Crippen MR) is 84.7 cm³/mol. The van der Waals surface area contributed by atoms with Gasteiger partial charge < -0.3 is 14.4 Å². The minimum Gasteiger partial charge on any atom is -0.494 e. The first kappa shape index (κ1) is 16.0. The van der Waals surface area contributed by atoms with Crippen LogP contribution in [0.3, 0.4) is 0 Å². The second-order valence-corrected chi connectivity index (χ2v) is 5.07. The number of nitrogens with zero attached hydrogens (tertiary/aromatic N) is 3. The van der Waals surface area contributed by atoms with Crippen molar-refractivity contribution in [2.75, 3.05) is 33.2 Å². The SMILES string of the molecule is COC(=O)c1cc(N(C)C)ncc1-c1cc(Cl)ncc1OC. The van der Waals surface area contributed by atoms with Crippen molar-refractivity contribution in [3.05, 3.63) is 35.2 Å². The summed E-state index contributed by atoms with van der Waals surface area (Å²) in [6.45, 7) is 0. The highest BCUT2D eigenvalue weighted by Crippen LogP contribution is 2.34. The molecule has 0 aromatic carbocycles. The number of rotatable bonds is 4. The Kier molecular flexibility index (Phi) is 4.82. The maximum atomic E-state index is 12.1. The van der Waals surface area contributed by atoms with Crippen LogP contribution in [-0.2, 0) is 4.74 Å². The van der Waals surface area contributed by atoms with Crippen molar-refractivity contribution in [3.63, 3.8) is 0 Å². The van der Waals surface area contributed by atoms with Crippen LogP contribution in [0.4, 0.5) is 5.82 Å². The van der Waals surface area contributed by atoms with E-state index in [9.17, 15) is 4.79 Å². The number of halogens is 1. The van der Waals surface area contributed by atoms with E-state index in [4.69, 9.17) is 21.1 Å². The van der Waals surface area contributed by atoms with Gasteiger partial charge in [-0.15, -0.1) is 0 Å². The number of esters is 1. The Labute approximate surface area is 133 Å². The Balaban J connectivity index is 2.69. The molecular formula is C15H16ClN3O3. The summed E-state index contributed by atoms with van der Waals surface area (Å²) < 4.78 is 10.2. The maximum Gasteiger partial charge on any atom is 0.338 e. The number of carbonyl (C=O) groups excluding carboxylic acids is 1. The lowest BCUT2D eigenvalue weighted by molar-refractivity contribution is 0.0601. The van der Waals surface area contributed by atoms with E-state index in [1.54, 1.807) is 23.2 Å². The van der Waals surface area contributed by atoms with Gasteiger partial charge in [-0.05, 0) is 12.1 Å². The summed E-state index contributed by atoms with van der Waals surface area (Å²) in [5.41, 5.74) is 1.57. The average molecular weight is 322 g/mol. The molecular weight excluding hydrogens is 306 g/mol. The highest BCUT2D eigenvalue weighted by Gasteiger charge is 2.19. The number of carbonyl (C=O) groups is 1.